The van der Waals surface area contributed by atoms with Crippen molar-refractivity contribution in [3.05, 3.63) is 54.0 Å². The van der Waals surface area contributed by atoms with E-state index < -0.39 is 0 Å². The second-order valence-corrected chi connectivity index (χ2v) is 7.65. The third-order valence-corrected chi connectivity index (χ3v) is 5.54. The van der Waals surface area contributed by atoms with Crippen molar-refractivity contribution in [3.8, 4) is 11.4 Å². The number of nitrogens with one attached hydrogen (secondary N) is 1. The zero-order chi connectivity index (χ0) is 19.9. The van der Waals surface area contributed by atoms with Crippen LogP contribution < -0.4 is 5.32 Å². The molecule has 0 bridgehead atoms. The normalized spacial score (nSPS) is 11.1. The first kappa shape index (κ1) is 20.2. The number of carbonyl (C=O) groups is 1. The lowest BCUT2D eigenvalue weighted by molar-refractivity contribution is -0.119. The molecule has 28 heavy (non-hydrogen) atoms. The number of hydrogen-bond acceptors (Lipinski definition) is 5. The summed E-state index contributed by atoms with van der Waals surface area (Å²) in [4.78, 5) is 12.3. The Morgan fingerprint density at radius 1 is 1.21 bits per heavy atom. The number of carbonyl (C=O) groups excluding carboxylic acids is 1. The number of nitrogens with zero attached hydrogens (tertiary/aromatic N) is 3. The van der Waals surface area contributed by atoms with Gasteiger partial charge in [-0.15, -0.1) is 10.2 Å². The van der Waals surface area contributed by atoms with Crippen LogP contribution in [-0.2, 0) is 11.3 Å². The van der Waals surface area contributed by atoms with Crippen LogP contribution in [0.2, 0.25) is 0 Å². The molecule has 6 nitrogen and oxygen atoms in total. The molecule has 148 valence electrons. The standard InChI is InChI=1S/C21H26N4O2S/c1-4-17(5-2)22-19(26)14-28-21-24-23-20(16-9-6-8-15(3)12-16)25(21)13-18-10-7-11-27-18/h6-12,17H,4-5,13-14H2,1-3H3,(H,22,26). The first-order valence-electron chi connectivity index (χ1n) is 9.55. The maximum absolute atomic E-state index is 12.3. The summed E-state index contributed by atoms with van der Waals surface area (Å²) in [5, 5.41) is 12.5. The Kier molecular flexibility index (Phi) is 6.92. The fraction of sp³-hybridized carbons (Fsp3) is 0.381. The SMILES string of the molecule is CCC(CC)NC(=O)CSc1nnc(-c2cccc(C)c2)n1Cc1ccco1. The van der Waals surface area contributed by atoms with Crippen molar-refractivity contribution in [3.63, 3.8) is 0 Å². The molecule has 2 heterocycles. The summed E-state index contributed by atoms with van der Waals surface area (Å²) in [6, 6.07) is 12.2. The van der Waals surface area contributed by atoms with Gasteiger partial charge in [0.1, 0.15) is 5.76 Å². The molecule has 0 fully saturated rings. The van der Waals surface area contributed by atoms with E-state index in [1.165, 1.54) is 11.8 Å². The third kappa shape index (κ3) is 5.04. The fourth-order valence-corrected chi connectivity index (χ4v) is 3.74. The van der Waals surface area contributed by atoms with Crippen molar-refractivity contribution in [2.45, 2.75) is 51.4 Å². The topological polar surface area (TPSA) is 73.0 Å². The highest BCUT2D eigenvalue weighted by atomic mass is 32.2. The van der Waals surface area contributed by atoms with Gasteiger partial charge in [-0.05, 0) is 38.0 Å². The molecule has 0 aliphatic rings. The second-order valence-electron chi connectivity index (χ2n) is 6.71. The Labute approximate surface area is 169 Å². The Hall–Kier alpha value is -2.54. The van der Waals surface area contributed by atoms with E-state index in [-0.39, 0.29) is 11.9 Å². The van der Waals surface area contributed by atoms with Gasteiger partial charge in [0.2, 0.25) is 5.91 Å². The van der Waals surface area contributed by atoms with Gasteiger partial charge in [0.15, 0.2) is 11.0 Å². The minimum atomic E-state index is 0.0170. The number of aromatic nitrogens is 3. The fourth-order valence-electron chi connectivity index (χ4n) is 2.99. The van der Waals surface area contributed by atoms with E-state index in [0.29, 0.717) is 17.5 Å². The van der Waals surface area contributed by atoms with Gasteiger partial charge in [0.05, 0.1) is 18.6 Å². The van der Waals surface area contributed by atoms with Crippen LogP contribution >= 0.6 is 11.8 Å². The summed E-state index contributed by atoms with van der Waals surface area (Å²) in [6.45, 7) is 6.72. The first-order chi connectivity index (χ1) is 13.6. The highest BCUT2D eigenvalue weighted by Crippen LogP contribution is 2.26. The minimum Gasteiger partial charge on any atom is -0.467 e. The Morgan fingerprint density at radius 3 is 2.71 bits per heavy atom. The number of hydrogen-bond donors (Lipinski definition) is 1. The lowest BCUT2D eigenvalue weighted by Gasteiger charge is -2.14. The van der Waals surface area contributed by atoms with E-state index in [2.05, 4.69) is 48.4 Å². The van der Waals surface area contributed by atoms with Crippen molar-refractivity contribution in [1.29, 1.82) is 0 Å². The molecular weight excluding hydrogens is 372 g/mol. The van der Waals surface area contributed by atoms with Gasteiger partial charge in [0, 0.05) is 11.6 Å². The van der Waals surface area contributed by atoms with Crippen LogP contribution in [0, 0.1) is 6.92 Å². The summed E-state index contributed by atoms with van der Waals surface area (Å²) < 4.78 is 7.52. The quantitative estimate of drug-likeness (QED) is 0.544. The predicted octanol–water partition coefficient (Wildman–Crippen LogP) is 4.29. The van der Waals surface area contributed by atoms with E-state index in [1.807, 2.05) is 28.8 Å². The average Bonchev–Trinajstić information content (AvgIpc) is 3.35. The molecular formula is C21H26N4O2S. The zero-order valence-electron chi connectivity index (χ0n) is 16.5. The van der Waals surface area contributed by atoms with Gasteiger partial charge in [-0.3, -0.25) is 9.36 Å². The third-order valence-electron chi connectivity index (χ3n) is 4.57. The van der Waals surface area contributed by atoms with Crippen LogP contribution in [0.5, 0.6) is 0 Å². The lowest BCUT2D eigenvalue weighted by atomic mass is 10.1. The molecule has 1 amide bonds. The van der Waals surface area contributed by atoms with Crippen LogP contribution in [0.25, 0.3) is 11.4 Å². The van der Waals surface area contributed by atoms with Gasteiger partial charge in [-0.2, -0.15) is 0 Å². The van der Waals surface area contributed by atoms with Crippen LogP contribution in [0.1, 0.15) is 38.0 Å². The number of amides is 1. The maximum atomic E-state index is 12.3. The predicted molar refractivity (Wildman–Crippen MR) is 111 cm³/mol. The number of aryl methyl sites for hydroxylation is 1. The molecule has 3 aromatic rings. The van der Waals surface area contributed by atoms with Crippen molar-refractivity contribution in [2.24, 2.45) is 0 Å². The van der Waals surface area contributed by atoms with E-state index in [9.17, 15) is 4.79 Å². The van der Waals surface area contributed by atoms with Crippen LogP contribution in [0.4, 0.5) is 0 Å². The Bertz CT molecular complexity index is 901. The summed E-state index contributed by atoms with van der Waals surface area (Å²) >= 11 is 1.40. The summed E-state index contributed by atoms with van der Waals surface area (Å²) in [5.41, 5.74) is 2.15. The van der Waals surface area contributed by atoms with E-state index in [0.717, 1.165) is 35.6 Å². The number of benzene rings is 1. The summed E-state index contributed by atoms with van der Waals surface area (Å²) in [7, 11) is 0. The maximum Gasteiger partial charge on any atom is 0.230 e. The molecule has 1 N–H and O–H groups in total. The summed E-state index contributed by atoms with van der Waals surface area (Å²) in [6.07, 6.45) is 3.51. The van der Waals surface area contributed by atoms with Gasteiger partial charge in [0.25, 0.3) is 0 Å². The van der Waals surface area contributed by atoms with Gasteiger partial charge >= 0.3 is 0 Å². The van der Waals surface area contributed by atoms with E-state index in [1.54, 1.807) is 6.26 Å². The number of rotatable bonds is 9. The van der Waals surface area contributed by atoms with Crippen molar-refractivity contribution < 1.29 is 9.21 Å². The van der Waals surface area contributed by atoms with Crippen molar-refractivity contribution in [1.82, 2.24) is 20.1 Å². The summed E-state index contributed by atoms with van der Waals surface area (Å²) in [5.74, 6) is 1.91. The van der Waals surface area contributed by atoms with E-state index >= 15 is 0 Å². The number of furan rings is 1. The molecule has 0 atom stereocenters. The van der Waals surface area contributed by atoms with Crippen LogP contribution in [0.15, 0.2) is 52.2 Å². The molecule has 0 spiro atoms. The molecule has 7 heteroatoms. The molecule has 0 aliphatic heterocycles. The Morgan fingerprint density at radius 2 is 2.04 bits per heavy atom. The largest absolute Gasteiger partial charge is 0.467 e. The Balaban J connectivity index is 1.81. The highest BCUT2D eigenvalue weighted by molar-refractivity contribution is 7.99. The smallest absolute Gasteiger partial charge is 0.230 e. The van der Waals surface area contributed by atoms with Crippen molar-refractivity contribution in [2.75, 3.05) is 5.75 Å². The molecule has 1 aromatic carbocycles. The molecule has 0 unspecified atom stereocenters. The second kappa shape index (κ2) is 9.59. The van der Waals surface area contributed by atoms with E-state index in [4.69, 9.17) is 4.42 Å². The number of thioether (sulfide) groups is 1. The monoisotopic (exact) mass is 398 g/mol. The molecule has 0 radical (unpaired) electrons. The van der Waals surface area contributed by atoms with Crippen LogP contribution in [0.3, 0.4) is 0 Å². The highest BCUT2D eigenvalue weighted by Gasteiger charge is 2.17. The van der Waals surface area contributed by atoms with Gasteiger partial charge in [-0.25, -0.2) is 0 Å². The molecule has 3 rings (SSSR count). The molecule has 2 aromatic heterocycles. The van der Waals surface area contributed by atoms with Gasteiger partial charge in [-0.1, -0.05) is 49.4 Å². The van der Waals surface area contributed by atoms with Crippen molar-refractivity contribution >= 4 is 17.7 Å². The molecule has 0 saturated carbocycles. The first-order valence-corrected chi connectivity index (χ1v) is 10.5. The molecule has 0 aliphatic carbocycles. The average molecular weight is 399 g/mol. The minimum absolute atomic E-state index is 0.0170. The lowest BCUT2D eigenvalue weighted by Crippen LogP contribution is -2.35. The van der Waals surface area contributed by atoms with Crippen LogP contribution in [-0.4, -0.2) is 32.5 Å². The molecule has 0 saturated heterocycles. The van der Waals surface area contributed by atoms with Gasteiger partial charge < -0.3 is 9.73 Å². The zero-order valence-corrected chi connectivity index (χ0v) is 17.3.